The Hall–Kier alpha value is -2.38. The molecule has 6 nitrogen and oxygen atoms in total. The van der Waals surface area contributed by atoms with E-state index in [1.807, 2.05) is 24.3 Å². The van der Waals surface area contributed by atoms with Crippen LogP contribution < -0.4 is 5.32 Å². The summed E-state index contributed by atoms with van der Waals surface area (Å²) in [5, 5.41) is 3.23. The first-order valence-corrected chi connectivity index (χ1v) is 10.6. The number of benzene rings is 2. The second kappa shape index (κ2) is 6.35. The maximum atomic E-state index is 13.0. The zero-order chi connectivity index (χ0) is 19.2. The first-order chi connectivity index (χ1) is 12.8. The number of hydrogen-bond acceptors (Lipinski definition) is 4. The molecule has 1 aliphatic carbocycles. The molecule has 0 radical (unpaired) electrons. The molecule has 3 amide bonds. The molecule has 1 spiro atoms. The molecule has 8 heteroatoms. The van der Waals surface area contributed by atoms with Crippen LogP contribution in [0, 0.1) is 0 Å². The van der Waals surface area contributed by atoms with E-state index in [2.05, 4.69) is 5.32 Å². The van der Waals surface area contributed by atoms with Gasteiger partial charge in [0.05, 0.1) is 10.6 Å². The van der Waals surface area contributed by atoms with Crippen molar-refractivity contribution >= 4 is 33.4 Å². The highest BCUT2D eigenvalue weighted by Crippen LogP contribution is 2.41. The van der Waals surface area contributed by atoms with Crippen molar-refractivity contribution in [1.29, 1.82) is 0 Å². The lowest BCUT2D eigenvalue weighted by Crippen LogP contribution is -2.42. The van der Waals surface area contributed by atoms with Gasteiger partial charge in [-0.3, -0.25) is 9.69 Å². The predicted octanol–water partition coefficient (Wildman–Crippen LogP) is 2.51. The fraction of sp³-hybridized carbons (Fsp3) is 0.263. The van der Waals surface area contributed by atoms with Crippen LogP contribution in [-0.4, -0.2) is 37.6 Å². The molecule has 2 aromatic rings. The van der Waals surface area contributed by atoms with Crippen LogP contribution in [0.5, 0.6) is 0 Å². The smallest absolute Gasteiger partial charge is 0.319 e. The molecule has 1 atom stereocenters. The maximum absolute atomic E-state index is 13.0. The molecule has 1 aliphatic heterocycles. The molecule has 1 fully saturated rings. The molecule has 2 aliphatic rings. The van der Waals surface area contributed by atoms with E-state index in [9.17, 15) is 18.0 Å². The number of hydrogen-bond donors (Lipinski definition) is 1. The molecular weight excluding hydrogens is 388 g/mol. The number of nitrogens with one attached hydrogen (secondary N) is 1. The fourth-order valence-electron chi connectivity index (χ4n) is 3.76. The van der Waals surface area contributed by atoms with Gasteiger partial charge in [-0.25, -0.2) is 13.2 Å². The number of nitrogens with zero attached hydrogens (tertiary/aromatic N) is 1. The van der Waals surface area contributed by atoms with E-state index >= 15 is 0 Å². The number of aryl methyl sites for hydroxylation is 1. The van der Waals surface area contributed by atoms with Crippen LogP contribution in [0.3, 0.4) is 0 Å². The predicted molar refractivity (Wildman–Crippen MR) is 100 cm³/mol. The standard InChI is InChI=1S/C19H17ClN2O4S/c20-14-5-7-15(8-6-14)27(25,26)12-11-22-17(23)19(21-18(22)24)10-9-13-3-1-2-4-16(13)19/h1-8H,9-12H2,(H,21,24). The van der Waals surface area contributed by atoms with Gasteiger partial charge in [-0.2, -0.15) is 0 Å². The van der Waals surface area contributed by atoms with Crippen LogP contribution in [0.1, 0.15) is 17.5 Å². The van der Waals surface area contributed by atoms with Gasteiger partial charge in [-0.05, 0) is 48.2 Å². The minimum Gasteiger partial charge on any atom is -0.319 e. The molecule has 2 aromatic carbocycles. The first-order valence-electron chi connectivity index (χ1n) is 8.54. The van der Waals surface area contributed by atoms with E-state index in [0.29, 0.717) is 17.9 Å². The Balaban J connectivity index is 1.55. The van der Waals surface area contributed by atoms with Gasteiger partial charge in [-0.1, -0.05) is 35.9 Å². The Bertz CT molecular complexity index is 1040. The molecule has 0 saturated carbocycles. The molecule has 1 unspecified atom stereocenters. The monoisotopic (exact) mass is 404 g/mol. The Morgan fingerprint density at radius 1 is 1.07 bits per heavy atom. The number of imide groups is 1. The van der Waals surface area contributed by atoms with Crippen molar-refractivity contribution in [1.82, 2.24) is 10.2 Å². The number of rotatable bonds is 4. The third-order valence-corrected chi connectivity index (χ3v) is 7.14. The van der Waals surface area contributed by atoms with E-state index in [1.54, 1.807) is 0 Å². The van der Waals surface area contributed by atoms with Gasteiger partial charge in [0.25, 0.3) is 5.91 Å². The minimum atomic E-state index is -3.64. The lowest BCUT2D eigenvalue weighted by molar-refractivity contribution is -0.131. The molecule has 1 heterocycles. The van der Waals surface area contributed by atoms with Crippen LogP contribution in [0.15, 0.2) is 53.4 Å². The summed E-state index contributed by atoms with van der Waals surface area (Å²) in [6.07, 6.45) is 1.18. The van der Waals surface area contributed by atoms with Crippen molar-refractivity contribution in [2.24, 2.45) is 0 Å². The normalized spacial score (nSPS) is 21.6. The number of carbonyl (C=O) groups excluding carboxylic acids is 2. The highest BCUT2D eigenvalue weighted by molar-refractivity contribution is 7.91. The summed E-state index contributed by atoms with van der Waals surface area (Å²) in [6, 6.07) is 12.8. The number of halogens is 1. The number of fused-ring (bicyclic) bond motifs is 2. The van der Waals surface area contributed by atoms with Gasteiger partial charge in [0.2, 0.25) is 0 Å². The van der Waals surface area contributed by atoms with Crippen molar-refractivity contribution in [3.8, 4) is 0 Å². The summed E-state index contributed by atoms with van der Waals surface area (Å²) in [5.41, 5.74) is 0.755. The zero-order valence-electron chi connectivity index (χ0n) is 14.3. The number of urea groups is 1. The Kier molecular flexibility index (Phi) is 4.24. The van der Waals surface area contributed by atoms with Gasteiger partial charge in [0, 0.05) is 11.6 Å². The first kappa shape index (κ1) is 18.0. The number of carbonyl (C=O) groups is 2. The summed E-state index contributed by atoms with van der Waals surface area (Å²) >= 11 is 5.79. The summed E-state index contributed by atoms with van der Waals surface area (Å²) in [7, 11) is -3.64. The molecule has 1 saturated heterocycles. The van der Waals surface area contributed by atoms with E-state index in [1.165, 1.54) is 24.3 Å². The van der Waals surface area contributed by atoms with E-state index < -0.39 is 21.4 Å². The number of amides is 3. The second-order valence-corrected chi connectivity index (χ2v) is 9.27. The summed E-state index contributed by atoms with van der Waals surface area (Å²) in [4.78, 5) is 26.6. The second-order valence-electron chi connectivity index (χ2n) is 6.72. The molecular formula is C19H17ClN2O4S. The topological polar surface area (TPSA) is 83.6 Å². The SMILES string of the molecule is O=C1NC2(CCc3ccccc32)C(=O)N1CCS(=O)(=O)c1ccc(Cl)cc1. The van der Waals surface area contributed by atoms with Crippen LogP contribution in [0.25, 0.3) is 0 Å². The Morgan fingerprint density at radius 3 is 2.52 bits per heavy atom. The van der Waals surface area contributed by atoms with E-state index in [0.717, 1.165) is 16.0 Å². The van der Waals surface area contributed by atoms with Gasteiger partial charge in [0.1, 0.15) is 5.54 Å². The van der Waals surface area contributed by atoms with Crippen molar-refractivity contribution in [2.45, 2.75) is 23.3 Å². The molecule has 1 N–H and O–H groups in total. The van der Waals surface area contributed by atoms with Crippen molar-refractivity contribution < 1.29 is 18.0 Å². The van der Waals surface area contributed by atoms with Gasteiger partial charge < -0.3 is 5.32 Å². The van der Waals surface area contributed by atoms with Crippen LogP contribution in [0.2, 0.25) is 5.02 Å². The van der Waals surface area contributed by atoms with Gasteiger partial charge in [0.15, 0.2) is 9.84 Å². The lowest BCUT2D eigenvalue weighted by atomic mass is 9.92. The van der Waals surface area contributed by atoms with E-state index in [4.69, 9.17) is 11.6 Å². The molecule has 0 aromatic heterocycles. The highest BCUT2D eigenvalue weighted by atomic mass is 35.5. The quantitative estimate of drug-likeness (QED) is 0.793. The Morgan fingerprint density at radius 2 is 1.78 bits per heavy atom. The minimum absolute atomic E-state index is 0.111. The lowest BCUT2D eigenvalue weighted by Gasteiger charge is -2.22. The number of sulfone groups is 1. The summed E-state index contributed by atoms with van der Waals surface area (Å²) in [5.74, 6) is -0.727. The molecule has 27 heavy (non-hydrogen) atoms. The van der Waals surface area contributed by atoms with Crippen LogP contribution in [0.4, 0.5) is 4.79 Å². The largest absolute Gasteiger partial charge is 0.325 e. The third kappa shape index (κ3) is 2.91. The van der Waals surface area contributed by atoms with Crippen molar-refractivity contribution in [3.05, 3.63) is 64.7 Å². The van der Waals surface area contributed by atoms with E-state index in [-0.39, 0.29) is 23.1 Å². The van der Waals surface area contributed by atoms with Gasteiger partial charge in [-0.15, -0.1) is 0 Å². The highest BCUT2D eigenvalue weighted by Gasteiger charge is 2.55. The van der Waals surface area contributed by atoms with Crippen LogP contribution in [-0.2, 0) is 26.6 Å². The molecule has 140 valence electrons. The molecule has 4 rings (SSSR count). The summed E-state index contributed by atoms with van der Waals surface area (Å²) < 4.78 is 25.0. The average Bonchev–Trinajstić information content (AvgIpc) is 3.13. The summed E-state index contributed by atoms with van der Waals surface area (Å²) in [6.45, 7) is -0.195. The van der Waals surface area contributed by atoms with Crippen LogP contribution >= 0.6 is 11.6 Å². The fourth-order valence-corrected chi connectivity index (χ4v) is 5.10. The Labute approximate surface area is 162 Å². The third-order valence-electron chi connectivity index (χ3n) is 5.18. The van der Waals surface area contributed by atoms with Crippen molar-refractivity contribution in [2.75, 3.05) is 12.3 Å². The van der Waals surface area contributed by atoms with Crippen molar-refractivity contribution in [3.63, 3.8) is 0 Å². The van der Waals surface area contributed by atoms with Gasteiger partial charge >= 0.3 is 6.03 Å². The molecule has 0 bridgehead atoms. The average molecular weight is 405 g/mol. The maximum Gasteiger partial charge on any atom is 0.325 e. The zero-order valence-corrected chi connectivity index (χ0v) is 15.9.